The average molecular weight is 435 g/mol. The quantitative estimate of drug-likeness (QED) is 0.486. The number of ether oxygens (including phenoxy) is 1. The molecule has 0 N–H and O–H groups in total. The summed E-state index contributed by atoms with van der Waals surface area (Å²) in [5.41, 5.74) is 3.55. The van der Waals surface area contributed by atoms with Crippen LogP contribution in [0.15, 0.2) is 48.8 Å². The number of aryl methyl sites for hydroxylation is 1. The van der Waals surface area contributed by atoms with Gasteiger partial charge in [-0.05, 0) is 17.7 Å². The maximum absolute atomic E-state index is 12.9. The van der Waals surface area contributed by atoms with Crippen LogP contribution in [0.3, 0.4) is 0 Å². The van der Waals surface area contributed by atoms with Gasteiger partial charge in [-0.1, -0.05) is 24.3 Å². The van der Waals surface area contributed by atoms with Crippen LogP contribution in [0.4, 0.5) is 0 Å². The standard InChI is InChI=1S/C24H26N4O2S/c1-26(2)24(29)22-21(18-8-6-10-25-23(18)31-22)20-15-28(11-12-30-20)14-16-13-27(3)19-9-5-4-7-17(16)19/h4-10,13,20H,11-12,14-15H2,1-3H3/t20-/m0/s1. The Kier molecular flexibility index (Phi) is 5.25. The number of para-hydroxylation sites is 1. The van der Waals surface area contributed by atoms with Crippen molar-refractivity contribution in [3.63, 3.8) is 0 Å². The number of morpholine rings is 1. The van der Waals surface area contributed by atoms with Crippen molar-refractivity contribution in [3.05, 3.63) is 64.8 Å². The van der Waals surface area contributed by atoms with Crippen molar-refractivity contribution < 1.29 is 9.53 Å². The molecule has 1 aromatic carbocycles. The zero-order chi connectivity index (χ0) is 21.5. The van der Waals surface area contributed by atoms with Crippen LogP contribution in [0.25, 0.3) is 21.1 Å². The van der Waals surface area contributed by atoms with Gasteiger partial charge in [0.2, 0.25) is 0 Å². The Morgan fingerprint density at radius 1 is 1.23 bits per heavy atom. The lowest BCUT2D eigenvalue weighted by atomic mass is 10.0. The van der Waals surface area contributed by atoms with E-state index in [-0.39, 0.29) is 12.0 Å². The lowest BCUT2D eigenvalue weighted by Gasteiger charge is -2.33. The minimum absolute atomic E-state index is 0.00720. The molecule has 7 heteroatoms. The topological polar surface area (TPSA) is 50.6 Å². The van der Waals surface area contributed by atoms with Crippen LogP contribution in [0.2, 0.25) is 0 Å². The fourth-order valence-corrected chi connectivity index (χ4v) is 5.66. The number of hydrogen-bond acceptors (Lipinski definition) is 5. The van der Waals surface area contributed by atoms with E-state index in [1.807, 2.05) is 12.1 Å². The van der Waals surface area contributed by atoms with Crippen molar-refractivity contribution >= 4 is 38.4 Å². The highest BCUT2D eigenvalue weighted by atomic mass is 32.1. The molecule has 0 aliphatic carbocycles. The Bertz CT molecular complexity index is 1260. The van der Waals surface area contributed by atoms with E-state index in [0.717, 1.165) is 40.3 Å². The molecule has 1 aliphatic rings. The first-order valence-corrected chi connectivity index (χ1v) is 11.3. The largest absolute Gasteiger partial charge is 0.371 e. The average Bonchev–Trinajstić information content (AvgIpc) is 3.32. The molecule has 5 rings (SSSR count). The molecule has 1 fully saturated rings. The molecule has 160 valence electrons. The van der Waals surface area contributed by atoms with E-state index >= 15 is 0 Å². The Morgan fingerprint density at radius 3 is 2.87 bits per heavy atom. The van der Waals surface area contributed by atoms with Gasteiger partial charge < -0.3 is 14.2 Å². The van der Waals surface area contributed by atoms with Crippen LogP contribution in [-0.4, -0.2) is 59.0 Å². The molecule has 1 aliphatic heterocycles. The van der Waals surface area contributed by atoms with Gasteiger partial charge in [0, 0.05) is 75.0 Å². The zero-order valence-electron chi connectivity index (χ0n) is 18.0. The maximum Gasteiger partial charge on any atom is 0.263 e. The van der Waals surface area contributed by atoms with E-state index in [9.17, 15) is 4.79 Å². The van der Waals surface area contributed by atoms with Gasteiger partial charge in [0.05, 0.1) is 12.7 Å². The fraction of sp³-hybridized carbons (Fsp3) is 0.333. The zero-order valence-corrected chi connectivity index (χ0v) is 18.9. The SMILES string of the molecule is CN(C)C(=O)c1sc2ncccc2c1[C@@H]1CN(Cc2cn(C)c3ccccc23)CCO1. The highest BCUT2D eigenvalue weighted by molar-refractivity contribution is 7.20. The summed E-state index contributed by atoms with van der Waals surface area (Å²) in [5, 5.41) is 2.32. The van der Waals surface area contributed by atoms with Crippen LogP contribution in [0, 0.1) is 0 Å². The number of thiophene rings is 1. The predicted molar refractivity (Wildman–Crippen MR) is 125 cm³/mol. The first-order chi connectivity index (χ1) is 15.0. The predicted octanol–water partition coefficient (Wildman–Crippen LogP) is 4.06. The minimum Gasteiger partial charge on any atom is -0.371 e. The summed E-state index contributed by atoms with van der Waals surface area (Å²) < 4.78 is 8.41. The van der Waals surface area contributed by atoms with Crippen molar-refractivity contribution in [3.8, 4) is 0 Å². The number of carbonyl (C=O) groups is 1. The van der Waals surface area contributed by atoms with Crippen LogP contribution in [0.1, 0.15) is 26.9 Å². The van der Waals surface area contributed by atoms with E-state index in [1.165, 1.54) is 27.8 Å². The third kappa shape index (κ3) is 3.63. The smallest absolute Gasteiger partial charge is 0.263 e. The van der Waals surface area contributed by atoms with Crippen molar-refractivity contribution in [2.45, 2.75) is 12.6 Å². The number of pyridine rings is 1. The van der Waals surface area contributed by atoms with E-state index in [1.54, 1.807) is 25.2 Å². The molecule has 0 bridgehead atoms. The molecule has 4 aromatic rings. The maximum atomic E-state index is 12.9. The summed E-state index contributed by atoms with van der Waals surface area (Å²) in [6.07, 6.45) is 3.85. The number of rotatable bonds is 4. The van der Waals surface area contributed by atoms with Gasteiger partial charge in [0.15, 0.2) is 0 Å². The summed E-state index contributed by atoms with van der Waals surface area (Å²) in [4.78, 5) is 23.1. The molecule has 0 unspecified atom stereocenters. The molecule has 3 aromatic heterocycles. The molecule has 1 amide bonds. The molecular weight excluding hydrogens is 408 g/mol. The first-order valence-electron chi connectivity index (χ1n) is 10.5. The van der Waals surface area contributed by atoms with Crippen molar-refractivity contribution in [2.75, 3.05) is 33.8 Å². The van der Waals surface area contributed by atoms with Crippen LogP contribution < -0.4 is 0 Å². The molecule has 1 atom stereocenters. The second-order valence-corrected chi connectivity index (χ2v) is 9.28. The number of nitrogens with zero attached hydrogens (tertiary/aromatic N) is 4. The molecule has 0 spiro atoms. The number of fused-ring (bicyclic) bond motifs is 2. The third-order valence-corrected chi connectivity index (χ3v) is 7.07. The summed E-state index contributed by atoms with van der Waals surface area (Å²) in [7, 11) is 5.68. The van der Waals surface area contributed by atoms with Gasteiger partial charge >= 0.3 is 0 Å². The Hall–Kier alpha value is -2.74. The Balaban J connectivity index is 1.47. The second-order valence-electron chi connectivity index (χ2n) is 8.28. The first kappa shape index (κ1) is 20.2. The van der Waals surface area contributed by atoms with Gasteiger partial charge in [-0.2, -0.15) is 0 Å². The van der Waals surface area contributed by atoms with Gasteiger partial charge in [-0.3, -0.25) is 9.69 Å². The Labute approximate surface area is 185 Å². The summed E-state index contributed by atoms with van der Waals surface area (Å²) >= 11 is 1.46. The van der Waals surface area contributed by atoms with Gasteiger partial charge in [-0.15, -0.1) is 11.3 Å². The highest BCUT2D eigenvalue weighted by Crippen LogP contribution is 2.38. The molecule has 0 saturated carbocycles. The van der Waals surface area contributed by atoms with Crippen LogP contribution in [0.5, 0.6) is 0 Å². The molecule has 1 saturated heterocycles. The number of hydrogen-bond donors (Lipinski definition) is 0. The molecular formula is C24H26N4O2S. The van der Waals surface area contributed by atoms with Crippen LogP contribution in [-0.2, 0) is 18.3 Å². The van der Waals surface area contributed by atoms with Crippen LogP contribution >= 0.6 is 11.3 Å². The van der Waals surface area contributed by atoms with Gasteiger partial charge in [-0.25, -0.2) is 4.98 Å². The summed E-state index contributed by atoms with van der Waals surface area (Å²) in [6, 6.07) is 12.5. The van der Waals surface area contributed by atoms with E-state index < -0.39 is 0 Å². The van der Waals surface area contributed by atoms with E-state index in [2.05, 4.69) is 52.0 Å². The minimum atomic E-state index is -0.152. The molecule has 6 nitrogen and oxygen atoms in total. The lowest BCUT2D eigenvalue weighted by Crippen LogP contribution is -2.38. The highest BCUT2D eigenvalue weighted by Gasteiger charge is 2.31. The second kappa shape index (κ2) is 8.07. The number of carbonyl (C=O) groups excluding carboxylic acids is 1. The number of amides is 1. The van der Waals surface area contributed by atoms with Crippen molar-refractivity contribution in [1.29, 1.82) is 0 Å². The molecule has 0 radical (unpaired) electrons. The van der Waals surface area contributed by atoms with Crippen molar-refractivity contribution in [2.24, 2.45) is 7.05 Å². The van der Waals surface area contributed by atoms with E-state index in [0.29, 0.717) is 6.61 Å². The summed E-state index contributed by atoms with van der Waals surface area (Å²) in [5.74, 6) is 0.00720. The number of aromatic nitrogens is 2. The van der Waals surface area contributed by atoms with E-state index in [4.69, 9.17) is 4.74 Å². The van der Waals surface area contributed by atoms with Gasteiger partial charge in [0.25, 0.3) is 5.91 Å². The monoisotopic (exact) mass is 434 g/mol. The summed E-state index contributed by atoms with van der Waals surface area (Å²) in [6.45, 7) is 3.12. The van der Waals surface area contributed by atoms with Crippen molar-refractivity contribution in [1.82, 2.24) is 19.4 Å². The number of benzene rings is 1. The molecule has 4 heterocycles. The normalized spacial score (nSPS) is 17.5. The van der Waals surface area contributed by atoms with Gasteiger partial charge in [0.1, 0.15) is 9.71 Å². The Morgan fingerprint density at radius 2 is 2.03 bits per heavy atom. The lowest BCUT2D eigenvalue weighted by molar-refractivity contribution is -0.0322. The molecule has 31 heavy (non-hydrogen) atoms. The third-order valence-electron chi connectivity index (χ3n) is 5.95. The fourth-order valence-electron chi connectivity index (χ4n) is 4.45.